The van der Waals surface area contributed by atoms with Crippen LogP contribution in [0.5, 0.6) is 0 Å². The molecular weight excluding hydrogens is 264 g/mol. The van der Waals surface area contributed by atoms with Gasteiger partial charge in [-0.05, 0) is 32.0 Å². The van der Waals surface area contributed by atoms with Crippen LogP contribution in [-0.2, 0) is 14.8 Å². The highest BCUT2D eigenvalue weighted by atomic mass is 32.2. The molecule has 5 nitrogen and oxygen atoms in total. The molecular formula is C13H22N2O3S. The second-order valence-electron chi connectivity index (χ2n) is 4.10. The normalized spacial score (nSPS) is 11.5. The summed E-state index contributed by atoms with van der Waals surface area (Å²) in [5, 5.41) is 3.13. The molecule has 2 N–H and O–H groups in total. The maximum atomic E-state index is 11.8. The highest BCUT2D eigenvalue weighted by Gasteiger charge is 2.15. The van der Waals surface area contributed by atoms with Crippen LogP contribution in [0, 0.1) is 0 Å². The number of hydrogen-bond donors (Lipinski definition) is 2. The summed E-state index contributed by atoms with van der Waals surface area (Å²) in [4.78, 5) is 0.270. The van der Waals surface area contributed by atoms with Crippen LogP contribution in [0.25, 0.3) is 0 Å². The quantitative estimate of drug-likeness (QED) is 0.680. The summed E-state index contributed by atoms with van der Waals surface area (Å²) in [5.41, 5.74) is 0.618. The molecule has 0 fully saturated rings. The third kappa shape index (κ3) is 5.18. The Labute approximate surface area is 115 Å². The lowest BCUT2D eigenvalue weighted by Crippen LogP contribution is -2.20. The summed E-state index contributed by atoms with van der Waals surface area (Å²) in [6, 6.07) is 6.86. The molecule has 0 atom stereocenters. The fourth-order valence-electron chi connectivity index (χ4n) is 1.60. The molecule has 0 aromatic heterocycles. The molecule has 0 aliphatic heterocycles. The van der Waals surface area contributed by atoms with Crippen LogP contribution in [0.15, 0.2) is 29.2 Å². The van der Waals surface area contributed by atoms with Crippen LogP contribution in [0.2, 0.25) is 0 Å². The number of hydrogen-bond acceptors (Lipinski definition) is 4. The molecule has 0 saturated heterocycles. The van der Waals surface area contributed by atoms with E-state index >= 15 is 0 Å². The van der Waals surface area contributed by atoms with E-state index in [1.54, 1.807) is 18.2 Å². The second kappa shape index (κ2) is 8.14. The monoisotopic (exact) mass is 286 g/mol. The van der Waals surface area contributed by atoms with Crippen molar-refractivity contribution in [3.63, 3.8) is 0 Å². The fraction of sp³-hybridized carbons (Fsp3) is 0.538. The fourth-order valence-corrected chi connectivity index (χ4v) is 2.51. The van der Waals surface area contributed by atoms with Gasteiger partial charge in [0.25, 0.3) is 0 Å². The molecule has 0 aliphatic rings. The summed E-state index contributed by atoms with van der Waals surface area (Å²) in [5.74, 6) is 0. The van der Waals surface area contributed by atoms with E-state index in [9.17, 15) is 8.42 Å². The average molecular weight is 286 g/mol. The topological polar surface area (TPSA) is 67.4 Å². The highest BCUT2D eigenvalue weighted by Crippen LogP contribution is 2.20. The minimum Gasteiger partial charge on any atom is -0.384 e. The van der Waals surface area contributed by atoms with Crippen molar-refractivity contribution >= 4 is 15.7 Å². The van der Waals surface area contributed by atoms with Crippen molar-refractivity contribution < 1.29 is 13.2 Å². The number of para-hydroxylation sites is 1. The number of anilines is 1. The summed E-state index contributed by atoms with van der Waals surface area (Å²) < 4.78 is 31.3. The lowest BCUT2D eigenvalue weighted by Gasteiger charge is -2.11. The van der Waals surface area contributed by atoms with Crippen LogP contribution >= 0.6 is 0 Å². The molecule has 0 bridgehead atoms. The minimum absolute atomic E-state index is 0.270. The van der Waals surface area contributed by atoms with E-state index in [0.717, 1.165) is 19.4 Å². The van der Waals surface area contributed by atoms with Crippen molar-refractivity contribution in [3.8, 4) is 0 Å². The molecule has 19 heavy (non-hydrogen) atoms. The highest BCUT2D eigenvalue weighted by molar-refractivity contribution is 7.89. The van der Waals surface area contributed by atoms with E-state index in [4.69, 9.17) is 4.74 Å². The maximum Gasteiger partial charge on any atom is 0.242 e. The number of nitrogens with one attached hydrogen (secondary N) is 2. The van der Waals surface area contributed by atoms with Gasteiger partial charge in [-0.25, -0.2) is 13.1 Å². The number of benzene rings is 1. The van der Waals surface area contributed by atoms with Gasteiger partial charge in [-0.3, -0.25) is 0 Å². The van der Waals surface area contributed by atoms with E-state index in [1.807, 2.05) is 6.07 Å². The largest absolute Gasteiger partial charge is 0.384 e. The Balaban J connectivity index is 2.55. The molecule has 1 aromatic carbocycles. The van der Waals surface area contributed by atoms with Crippen LogP contribution in [0.1, 0.15) is 19.8 Å². The zero-order valence-electron chi connectivity index (χ0n) is 11.5. The minimum atomic E-state index is -3.42. The van der Waals surface area contributed by atoms with Gasteiger partial charge in [0.15, 0.2) is 0 Å². The van der Waals surface area contributed by atoms with Gasteiger partial charge in [0.2, 0.25) is 10.0 Å². The van der Waals surface area contributed by atoms with Gasteiger partial charge in [-0.15, -0.1) is 0 Å². The molecule has 0 saturated carbocycles. The molecule has 1 aromatic rings. The van der Waals surface area contributed by atoms with Crippen molar-refractivity contribution in [2.24, 2.45) is 0 Å². The second-order valence-corrected chi connectivity index (χ2v) is 5.95. The summed E-state index contributed by atoms with van der Waals surface area (Å²) in [6.45, 7) is 4.20. The van der Waals surface area contributed by atoms with E-state index in [1.165, 1.54) is 7.05 Å². The molecule has 0 aliphatic carbocycles. The molecule has 1 rings (SSSR count). The lowest BCUT2D eigenvalue weighted by atomic mass is 10.3. The molecule has 0 unspecified atom stereocenters. The van der Waals surface area contributed by atoms with Gasteiger partial charge >= 0.3 is 0 Å². The first-order valence-electron chi connectivity index (χ1n) is 6.46. The number of sulfonamides is 1. The van der Waals surface area contributed by atoms with Crippen molar-refractivity contribution in [2.75, 3.05) is 32.1 Å². The predicted octanol–water partition coefficient (Wildman–Crippen LogP) is 1.82. The zero-order valence-corrected chi connectivity index (χ0v) is 12.3. The summed E-state index contributed by atoms with van der Waals surface area (Å²) >= 11 is 0. The van der Waals surface area contributed by atoms with Crippen LogP contribution in [0.3, 0.4) is 0 Å². The number of rotatable bonds is 9. The Hall–Kier alpha value is -1.11. The maximum absolute atomic E-state index is 11.8. The smallest absolute Gasteiger partial charge is 0.242 e. The van der Waals surface area contributed by atoms with Gasteiger partial charge < -0.3 is 10.1 Å². The Morgan fingerprint density at radius 2 is 1.95 bits per heavy atom. The SMILES string of the molecule is CCCOCCCNc1ccccc1S(=O)(=O)NC. The van der Waals surface area contributed by atoms with Crippen molar-refractivity contribution in [3.05, 3.63) is 24.3 Å². The summed E-state index contributed by atoms with van der Waals surface area (Å²) in [7, 11) is -2.02. The first-order chi connectivity index (χ1) is 9.11. The predicted molar refractivity (Wildman–Crippen MR) is 76.9 cm³/mol. The Morgan fingerprint density at radius 1 is 1.21 bits per heavy atom. The molecule has 0 spiro atoms. The molecule has 6 heteroatoms. The van der Waals surface area contributed by atoms with E-state index in [-0.39, 0.29) is 4.90 Å². The zero-order chi connectivity index (χ0) is 14.1. The van der Waals surface area contributed by atoms with Gasteiger partial charge in [0.05, 0.1) is 5.69 Å². The third-order valence-corrected chi connectivity index (χ3v) is 4.05. The Kier molecular flexibility index (Phi) is 6.83. The Bertz CT molecular complexity index is 475. The van der Waals surface area contributed by atoms with E-state index in [0.29, 0.717) is 18.8 Å². The average Bonchev–Trinajstić information content (AvgIpc) is 2.43. The van der Waals surface area contributed by atoms with Gasteiger partial charge in [-0.1, -0.05) is 19.1 Å². The lowest BCUT2D eigenvalue weighted by molar-refractivity contribution is 0.134. The van der Waals surface area contributed by atoms with Crippen molar-refractivity contribution in [1.29, 1.82) is 0 Å². The molecule has 0 radical (unpaired) electrons. The molecule has 108 valence electrons. The van der Waals surface area contributed by atoms with Crippen LogP contribution in [0.4, 0.5) is 5.69 Å². The van der Waals surface area contributed by atoms with Gasteiger partial charge in [0.1, 0.15) is 4.90 Å². The van der Waals surface area contributed by atoms with E-state index < -0.39 is 10.0 Å². The van der Waals surface area contributed by atoms with Crippen molar-refractivity contribution in [1.82, 2.24) is 4.72 Å². The molecule has 0 amide bonds. The standard InChI is InChI=1S/C13H22N2O3S/c1-3-10-18-11-6-9-15-12-7-4-5-8-13(12)19(16,17)14-2/h4-5,7-8,14-15H,3,6,9-11H2,1-2H3. The first-order valence-corrected chi connectivity index (χ1v) is 7.94. The Morgan fingerprint density at radius 3 is 2.63 bits per heavy atom. The summed E-state index contributed by atoms with van der Waals surface area (Å²) in [6.07, 6.45) is 1.85. The van der Waals surface area contributed by atoms with E-state index in [2.05, 4.69) is 17.0 Å². The number of ether oxygens (including phenoxy) is 1. The third-order valence-electron chi connectivity index (χ3n) is 2.57. The van der Waals surface area contributed by atoms with Gasteiger partial charge in [0, 0.05) is 19.8 Å². The van der Waals surface area contributed by atoms with Gasteiger partial charge in [-0.2, -0.15) is 0 Å². The first kappa shape index (κ1) is 15.9. The van der Waals surface area contributed by atoms with Crippen molar-refractivity contribution in [2.45, 2.75) is 24.7 Å². The van der Waals surface area contributed by atoms with Crippen LogP contribution in [-0.4, -0.2) is 35.2 Å². The molecule has 0 heterocycles. The van der Waals surface area contributed by atoms with Crippen LogP contribution < -0.4 is 10.0 Å².